The number of nitro groups is 1. The van der Waals surface area contributed by atoms with Crippen LogP contribution in [0.15, 0.2) is 23.0 Å². The quantitative estimate of drug-likeness (QED) is 0.492. The first-order valence-electron chi connectivity index (χ1n) is 7.27. The molecule has 0 bridgehead atoms. The second-order valence-corrected chi connectivity index (χ2v) is 5.88. The van der Waals surface area contributed by atoms with Crippen molar-refractivity contribution in [2.24, 2.45) is 0 Å². The Morgan fingerprint density at radius 1 is 1.33 bits per heavy atom. The summed E-state index contributed by atoms with van der Waals surface area (Å²) in [6.07, 6.45) is 0.190. The number of fused-ring (bicyclic) bond motifs is 1. The highest BCUT2D eigenvalue weighted by molar-refractivity contribution is 6.01. The molecule has 9 nitrogen and oxygen atoms in total. The maximum absolute atomic E-state index is 13.0. The fraction of sp³-hybridized carbons (Fsp3) is 0.333. The van der Waals surface area contributed by atoms with Gasteiger partial charge in [-0.1, -0.05) is 6.07 Å². The SMILES string of the molecule is Cc1nc2cccc([N+](=O)[O-])c2c(=O)n1C1(C)CCC(=O)NC1=O. The summed E-state index contributed by atoms with van der Waals surface area (Å²) in [5.41, 5.74) is -2.18. The topological polar surface area (TPSA) is 124 Å². The fourth-order valence-corrected chi connectivity index (χ4v) is 3.06. The van der Waals surface area contributed by atoms with Gasteiger partial charge in [-0.3, -0.25) is 34.4 Å². The fourth-order valence-electron chi connectivity index (χ4n) is 3.06. The van der Waals surface area contributed by atoms with E-state index in [9.17, 15) is 24.5 Å². The van der Waals surface area contributed by atoms with Crippen LogP contribution < -0.4 is 10.9 Å². The van der Waals surface area contributed by atoms with Crippen LogP contribution in [0.5, 0.6) is 0 Å². The predicted octanol–water partition coefficient (Wildman–Crippen LogP) is 0.765. The number of hydrogen-bond acceptors (Lipinski definition) is 6. The van der Waals surface area contributed by atoms with Gasteiger partial charge in [0.15, 0.2) is 0 Å². The summed E-state index contributed by atoms with van der Waals surface area (Å²) in [5, 5.41) is 13.3. The smallest absolute Gasteiger partial charge is 0.284 e. The van der Waals surface area contributed by atoms with Crippen LogP contribution >= 0.6 is 0 Å². The van der Waals surface area contributed by atoms with Crippen LogP contribution in [0.4, 0.5) is 5.69 Å². The number of nitro benzene ring substituents is 1. The van der Waals surface area contributed by atoms with Gasteiger partial charge in [0, 0.05) is 12.5 Å². The molecule has 1 fully saturated rings. The molecule has 1 saturated heterocycles. The predicted molar refractivity (Wildman–Crippen MR) is 83.4 cm³/mol. The molecule has 1 aromatic carbocycles. The van der Waals surface area contributed by atoms with Gasteiger partial charge in [0.2, 0.25) is 5.91 Å². The van der Waals surface area contributed by atoms with Crippen molar-refractivity contribution in [3.8, 4) is 0 Å². The lowest BCUT2D eigenvalue weighted by Crippen LogP contribution is -2.56. The van der Waals surface area contributed by atoms with Crippen LogP contribution in [0.25, 0.3) is 10.9 Å². The lowest BCUT2D eigenvalue weighted by Gasteiger charge is -2.34. The number of nitrogens with zero attached hydrogens (tertiary/aromatic N) is 3. The maximum atomic E-state index is 13.0. The summed E-state index contributed by atoms with van der Waals surface area (Å²) in [6.45, 7) is 3.07. The number of carbonyl (C=O) groups excluding carboxylic acids is 2. The Labute approximate surface area is 135 Å². The number of non-ortho nitro benzene ring substituents is 1. The number of nitrogens with one attached hydrogen (secondary N) is 1. The summed E-state index contributed by atoms with van der Waals surface area (Å²) >= 11 is 0. The zero-order chi connectivity index (χ0) is 17.6. The van der Waals surface area contributed by atoms with E-state index in [-0.39, 0.29) is 35.3 Å². The van der Waals surface area contributed by atoms with Crippen molar-refractivity contribution < 1.29 is 14.5 Å². The molecule has 0 radical (unpaired) electrons. The number of imide groups is 1. The standard InChI is InChI=1S/C15H14N4O5/c1-8-16-9-4-3-5-10(19(23)24)12(9)13(21)18(8)15(2)7-6-11(20)17-14(15)22/h3-5H,6-7H2,1-2H3,(H,17,20,22). The lowest BCUT2D eigenvalue weighted by atomic mass is 9.90. The molecule has 0 aliphatic carbocycles. The van der Waals surface area contributed by atoms with Gasteiger partial charge in [-0.25, -0.2) is 4.98 Å². The highest BCUT2D eigenvalue weighted by atomic mass is 16.6. The number of carbonyl (C=O) groups is 2. The minimum atomic E-state index is -1.33. The van der Waals surface area contributed by atoms with Crippen molar-refractivity contribution in [1.82, 2.24) is 14.9 Å². The van der Waals surface area contributed by atoms with Crippen LogP contribution in [-0.2, 0) is 15.1 Å². The Hall–Kier alpha value is -3.10. The second-order valence-electron chi connectivity index (χ2n) is 5.88. The van der Waals surface area contributed by atoms with Crippen LogP contribution in [0, 0.1) is 17.0 Å². The number of piperidine rings is 1. The van der Waals surface area contributed by atoms with Gasteiger partial charge in [-0.05, 0) is 26.3 Å². The molecular formula is C15H14N4O5. The lowest BCUT2D eigenvalue weighted by molar-refractivity contribution is -0.383. The molecule has 9 heteroatoms. The van der Waals surface area contributed by atoms with Crippen LogP contribution in [0.1, 0.15) is 25.6 Å². The van der Waals surface area contributed by atoms with E-state index < -0.39 is 27.8 Å². The van der Waals surface area contributed by atoms with E-state index in [1.165, 1.54) is 25.1 Å². The first-order chi connectivity index (χ1) is 11.3. The summed E-state index contributed by atoms with van der Waals surface area (Å²) in [5.74, 6) is -0.786. The molecule has 1 aliphatic rings. The number of hydrogen-bond donors (Lipinski definition) is 1. The number of amides is 2. The largest absolute Gasteiger partial charge is 0.294 e. The van der Waals surface area contributed by atoms with Crippen molar-refractivity contribution in [2.45, 2.75) is 32.2 Å². The van der Waals surface area contributed by atoms with Gasteiger partial charge in [0.1, 0.15) is 16.7 Å². The van der Waals surface area contributed by atoms with E-state index in [0.717, 1.165) is 4.57 Å². The van der Waals surface area contributed by atoms with E-state index in [1.807, 2.05) is 0 Å². The molecule has 1 aromatic heterocycles. The van der Waals surface area contributed by atoms with Crippen molar-refractivity contribution in [3.63, 3.8) is 0 Å². The van der Waals surface area contributed by atoms with E-state index in [0.29, 0.717) is 0 Å². The minimum absolute atomic E-state index is 0.0725. The number of aromatic nitrogens is 2. The number of benzene rings is 1. The van der Waals surface area contributed by atoms with E-state index in [1.54, 1.807) is 6.92 Å². The maximum Gasteiger partial charge on any atom is 0.284 e. The van der Waals surface area contributed by atoms with Gasteiger partial charge >= 0.3 is 0 Å². The molecule has 2 heterocycles. The molecule has 0 spiro atoms. The zero-order valence-electron chi connectivity index (χ0n) is 13.0. The van der Waals surface area contributed by atoms with E-state index in [4.69, 9.17) is 0 Å². The molecule has 2 amide bonds. The van der Waals surface area contributed by atoms with Crippen LogP contribution in [0.2, 0.25) is 0 Å². The Morgan fingerprint density at radius 2 is 2.04 bits per heavy atom. The van der Waals surface area contributed by atoms with Crippen molar-refractivity contribution in [3.05, 3.63) is 44.5 Å². The molecule has 3 rings (SSSR count). The molecular weight excluding hydrogens is 316 g/mol. The van der Waals surface area contributed by atoms with E-state index in [2.05, 4.69) is 10.3 Å². The number of aryl methyl sites for hydroxylation is 1. The molecule has 124 valence electrons. The molecule has 1 aliphatic heterocycles. The van der Waals surface area contributed by atoms with Gasteiger partial charge in [0.25, 0.3) is 17.2 Å². The molecule has 1 N–H and O–H groups in total. The molecule has 0 saturated carbocycles. The third-order valence-corrected chi connectivity index (χ3v) is 4.31. The average Bonchev–Trinajstić information content (AvgIpc) is 2.50. The summed E-state index contributed by atoms with van der Waals surface area (Å²) in [4.78, 5) is 51.5. The van der Waals surface area contributed by atoms with Crippen molar-refractivity contribution in [2.75, 3.05) is 0 Å². The molecule has 2 aromatic rings. The van der Waals surface area contributed by atoms with Crippen LogP contribution in [0.3, 0.4) is 0 Å². The molecule has 1 atom stereocenters. The Kier molecular flexibility index (Phi) is 3.43. The second kappa shape index (κ2) is 5.22. The average molecular weight is 330 g/mol. The Morgan fingerprint density at radius 3 is 2.67 bits per heavy atom. The first-order valence-corrected chi connectivity index (χ1v) is 7.27. The molecule has 24 heavy (non-hydrogen) atoms. The monoisotopic (exact) mass is 330 g/mol. The van der Waals surface area contributed by atoms with Gasteiger partial charge in [-0.2, -0.15) is 0 Å². The van der Waals surface area contributed by atoms with Crippen molar-refractivity contribution in [1.29, 1.82) is 0 Å². The Balaban J connectivity index is 2.36. The highest BCUT2D eigenvalue weighted by Crippen LogP contribution is 2.28. The summed E-state index contributed by atoms with van der Waals surface area (Å²) in [7, 11) is 0. The number of rotatable bonds is 2. The Bertz CT molecular complexity index is 964. The van der Waals surface area contributed by atoms with E-state index >= 15 is 0 Å². The van der Waals surface area contributed by atoms with Gasteiger partial charge in [-0.15, -0.1) is 0 Å². The van der Waals surface area contributed by atoms with Gasteiger partial charge in [0.05, 0.1) is 10.4 Å². The highest BCUT2D eigenvalue weighted by Gasteiger charge is 2.42. The third kappa shape index (κ3) is 2.16. The summed E-state index contributed by atoms with van der Waals surface area (Å²) < 4.78 is 1.14. The summed E-state index contributed by atoms with van der Waals surface area (Å²) in [6, 6.07) is 4.18. The third-order valence-electron chi connectivity index (χ3n) is 4.31. The van der Waals surface area contributed by atoms with Gasteiger partial charge < -0.3 is 0 Å². The van der Waals surface area contributed by atoms with Crippen LogP contribution in [-0.4, -0.2) is 26.3 Å². The normalized spacial score (nSPS) is 20.9. The minimum Gasteiger partial charge on any atom is -0.294 e. The zero-order valence-corrected chi connectivity index (χ0v) is 13.0. The van der Waals surface area contributed by atoms with Crippen molar-refractivity contribution >= 4 is 28.4 Å². The molecule has 1 unspecified atom stereocenters. The first kappa shape index (κ1) is 15.8.